The Bertz CT molecular complexity index is 1130. The van der Waals surface area contributed by atoms with E-state index in [4.69, 9.17) is 4.74 Å². The number of benzene rings is 2. The van der Waals surface area contributed by atoms with Gasteiger partial charge in [0.25, 0.3) is 0 Å². The van der Waals surface area contributed by atoms with Gasteiger partial charge in [-0.05, 0) is 54.7 Å². The highest BCUT2D eigenvalue weighted by atomic mass is 16.5. The number of likely N-dealkylation sites (tertiary alicyclic amines) is 1. The Kier molecular flexibility index (Phi) is 6.27. The molecule has 1 aromatic heterocycles. The molecule has 2 heterocycles. The maximum absolute atomic E-state index is 13.3. The van der Waals surface area contributed by atoms with Crippen LogP contribution in [-0.2, 0) is 16.8 Å². The fraction of sp³-hybridized carbons (Fsp3) is 0.346. The van der Waals surface area contributed by atoms with Gasteiger partial charge in [0.2, 0.25) is 5.91 Å². The van der Waals surface area contributed by atoms with E-state index >= 15 is 0 Å². The summed E-state index contributed by atoms with van der Waals surface area (Å²) in [6.07, 6.45) is 9.01. The molecule has 3 aromatic rings. The second-order valence-electron chi connectivity index (χ2n) is 8.43. The van der Waals surface area contributed by atoms with E-state index in [2.05, 4.69) is 18.0 Å². The summed E-state index contributed by atoms with van der Waals surface area (Å²) < 4.78 is 8.17. The molecule has 1 atom stereocenters. The average Bonchev–Trinajstić information content (AvgIpc) is 3.27. The molecule has 1 aliphatic heterocycles. The molecule has 32 heavy (non-hydrogen) atoms. The zero-order valence-corrected chi connectivity index (χ0v) is 18.6. The number of aromatic nitrogens is 2. The lowest BCUT2D eigenvalue weighted by Gasteiger charge is -2.33. The van der Waals surface area contributed by atoms with E-state index in [0.29, 0.717) is 23.6 Å². The molecular formula is C26H28N4O2. The number of ether oxygens (including phenoxy) is 1. The third-order valence-corrected chi connectivity index (χ3v) is 6.41. The van der Waals surface area contributed by atoms with Crippen molar-refractivity contribution in [2.24, 2.45) is 0 Å². The quantitative estimate of drug-likeness (QED) is 0.561. The van der Waals surface area contributed by atoms with Crippen molar-refractivity contribution < 1.29 is 9.53 Å². The minimum Gasteiger partial charge on any atom is -0.456 e. The van der Waals surface area contributed by atoms with Gasteiger partial charge in [-0.15, -0.1) is 0 Å². The first-order valence-corrected chi connectivity index (χ1v) is 11.1. The predicted molar refractivity (Wildman–Crippen MR) is 122 cm³/mol. The lowest BCUT2D eigenvalue weighted by atomic mass is 9.73. The average molecular weight is 429 g/mol. The van der Waals surface area contributed by atoms with Crippen LogP contribution in [0.5, 0.6) is 11.5 Å². The number of imidazole rings is 1. The lowest BCUT2D eigenvalue weighted by molar-refractivity contribution is -0.135. The van der Waals surface area contributed by atoms with Crippen molar-refractivity contribution in [3.05, 3.63) is 77.9 Å². The third kappa shape index (κ3) is 4.24. The molecule has 1 saturated heterocycles. The summed E-state index contributed by atoms with van der Waals surface area (Å²) >= 11 is 0. The Morgan fingerprint density at radius 1 is 1.22 bits per heavy atom. The van der Waals surface area contributed by atoms with Crippen molar-refractivity contribution in [1.82, 2.24) is 14.5 Å². The first kappa shape index (κ1) is 21.6. The topological polar surface area (TPSA) is 71.2 Å². The highest BCUT2D eigenvalue weighted by molar-refractivity contribution is 5.88. The number of nitriles is 1. The summed E-state index contributed by atoms with van der Waals surface area (Å²) in [5.41, 5.74) is 1.93. The lowest BCUT2D eigenvalue weighted by Crippen LogP contribution is -2.43. The SMILES string of the molecule is CC[C@@]1(c2cccc(Oc3cc(Cn4ccnc4)ccc3C#N)c2)CCCCN(C)C1=O. The molecule has 0 spiro atoms. The van der Waals surface area contributed by atoms with Gasteiger partial charge in [-0.25, -0.2) is 4.98 Å². The van der Waals surface area contributed by atoms with Crippen molar-refractivity contribution >= 4 is 5.91 Å². The van der Waals surface area contributed by atoms with E-state index < -0.39 is 5.41 Å². The van der Waals surface area contributed by atoms with E-state index in [-0.39, 0.29) is 5.91 Å². The monoisotopic (exact) mass is 428 g/mol. The fourth-order valence-corrected chi connectivity index (χ4v) is 4.57. The van der Waals surface area contributed by atoms with Crippen LogP contribution in [0.2, 0.25) is 0 Å². The number of carbonyl (C=O) groups excluding carboxylic acids is 1. The maximum atomic E-state index is 13.3. The van der Waals surface area contributed by atoms with Gasteiger partial charge in [-0.1, -0.05) is 31.5 Å². The highest BCUT2D eigenvalue weighted by Crippen LogP contribution is 2.39. The van der Waals surface area contributed by atoms with Crippen LogP contribution in [0.3, 0.4) is 0 Å². The van der Waals surface area contributed by atoms with Gasteiger partial charge >= 0.3 is 0 Å². The van der Waals surface area contributed by atoms with Gasteiger partial charge < -0.3 is 14.2 Å². The summed E-state index contributed by atoms with van der Waals surface area (Å²) in [4.78, 5) is 19.2. The summed E-state index contributed by atoms with van der Waals surface area (Å²) in [6.45, 7) is 3.52. The van der Waals surface area contributed by atoms with Crippen LogP contribution in [0.1, 0.15) is 49.3 Å². The van der Waals surface area contributed by atoms with E-state index in [1.807, 2.05) is 59.1 Å². The summed E-state index contributed by atoms with van der Waals surface area (Å²) in [5, 5.41) is 9.58. The minimum atomic E-state index is -0.536. The smallest absolute Gasteiger partial charge is 0.232 e. The molecule has 6 heteroatoms. The fourth-order valence-electron chi connectivity index (χ4n) is 4.57. The summed E-state index contributed by atoms with van der Waals surface area (Å²) in [7, 11) is 1.89. The number of hydrogen-bond donors (Lipinski definition) is 0. The van der Waals surface area contributed by atoms with E-state index in [1.165, 1.54) is 0 Å². The minimum absolute atomic E-state index is 0.176. The van der Waals surface area contributed by atoms with Crippen LogP contribution in [-0.4, -0.2) is 34.0 Å². The van der Waals surface area contributed by atoms with Crippen molar-refractivity contribution in [2.75, 3.05) is 13.6 Å². The van der Waals surface area contributed by atoms with Gasteiger partial charge in [0.15, 0.2) is 0 Å². The Balaban J connectivity index is 1.65. The van der Waals surface area contributed by atoms with Gasteiger partial charge in [0.1, 0.15) is 17.6 Å². The first-order chi connectivity index (χ1) is 15.6. The first-order valence-electron chi connectivity index (χ1n) is 11.1. The Morgan fingerprint density at radius 3 is 2.84 bits per heavy atom. The van der Waals surface area contributed by atoms with Gasteiger partial charge in [0, 0.05) is 32.5 Å². The van der Waals surface area contributed by atoms with E-state index in [1.54, 1.807) is 18.6 Å². The normalized spacial score (nSPS) is 18.8. The molecule has 2 aromatic carbocycles. The van der Waals surface area contributed by atoms with E-state index in [9.17, 15) is 10.1 Å². The van der Waals surface area contributed by atoms with Crippen LogP contribution < -0.4 is 4.74 Å². The number of hydrogen-bond acceptors (Lipinski definition) is 4. The highest BCUT2D eigenvalue weighted by Gasteiger charge is 2.41. The summed E-state index contributed by atoms with van der Waals surface area (Å²) in [6, 6.07) is 15.6. The molecule has 0 aliphatic carbocycles. The summed E-state index contributed by atoms with van der Waals surface area (Å²) in [5.74, 6) is 1.32. The number of rotatable bonds is 6. The maximum Gasteiger partial charge on any atom is 0.232 e. The van der Waals surface area contributed by atoms with Crippen LogP contribution >= 0.6 is 0 Å². The van der Waals surface area contributed by atoms with Gasteiger partial charge in [-0.2, -0.15) is 5.26 Å². The van der Waals surface area contributed by atoms with Gasteiger partial charge in [-0.3, -0.25) is 4.79 Å². The Hall–Kier alpha value is -3.59. The van der Waals surface area contributed by atoms with Crippen LogP contribution in [0.25, 0.3) is 0 Å². The van der Waals surface area contributed by atoms with Crippen molar-refractivity contribution in [3.8, 4) is 17.6 Å². The van der Waals surface area contributed by atoms with Crippen LogP contribution in [0, 0.1) is 11.3 Å². The molecule has 0 bridgehead atoms. The number of likely N-dealkylation sites (N-methyl/N-ethyl adjacent to an activating group) is 1. The molecule has 4 rings (SSSR count). The third-order valence-electron chi connectivity index (χ3n) is 6.41. The molecule has 0 radical (unpaired) electrons. The molecule has 1 aliphatic rings. The molecule has 6 nitrogen and oxygen atoms in total. The number of nitrogens with zero attached hydrogens (tertiary/aromatic N) is 4. The Morgan fingerprint density at radius 2 is 2.09 bits per heavy atom. The largest absolute Gasteiger partial charge is 0.456 e. The zero-order valence-electron chi connectivity index (χ0n) is 18.6. The molecule has 1 amide bonds. The zero-order chi connectivity index (χ0) is 22.6. The number of amides is 1. The number of carbonyl (C=O) groups is 1. The second kappa shape index (κ2) is 9.27. The van der Waals surface area contributed by atoms with Crippen LogP contribution in [0.15, 0.2) is 61.2 Å². The van der Waals surface area contributed by atoms with Crippen molar-refractivity contribution in [1.29, 1.82) is 5.26 Å². The molecule has 164 valence electrons. The standard InChI is InChI=1S/C26H28N4O2/c1-3-26(11-4-5-13-29(2)25(26)31)22-7-6-8-23(16-22)32-24-15-20(9-10-21(24)17-27)18-30-14-12-28-19-30/h6-10,12,14-16,19H,3-5,11,13,18H2,1-2H3/t26-/m0/s1. The molecule has 1 fully saturated rings. The molecular weight excluding hydrogens is 400 g/mol. The molecule has 0 unspecified atom stereocenters. The molecule has 0 N–H and O–H groups in total. The van der Waals surface area contributed by atoms with Crippen LogP contribution in [0.4, 0.5) is 0 Å². The van der Waals surface area contributed by atoms with Gasteiger partial charge in [0.05, 0.1) is 17.3 Å². The second-order valence-corrected chi connectivity index (χ2v) is 8.43. The Labute approximate surface area is 189 Å². The molecule has 0 saturated carbocycles. The van der Waals surface area contributed by atoms with Crippen molar-refractivity contribution in [2.45, 2.75) is 44.6 Å². The van der Waals surface area contributed by atoms with E-state index in [0.717, 1.165) is 43.4 Å². The predicted octanol–water partition coefficient (Wildman–Crippen LogP) is 4.89. The van der Waals surface area contributed by atoms with Crippen molar-refractivity contribution in [3.63, 3.8) is 0 Å².